The van der Waals surface area contributed by atoms with Crippen LogP contribution in [0, 0.1) is 0 Å². The SMILES string of the molecule is CCCC/C=C\CCCCCCC(=O)OCC(COC(=O)CCC/C=C\C/C=C\C/C=C\CCCCCCCC)OC(=O)CCCCCCCCC/C=C\CCCCCCCC. The van der Waals surface area contributed by atoms with Gasteiger partial charge in [-0.15, -0.1) is 0 Å². The topological polar surface area (TPSA) is 78.9 Å². The van der Waals surface area contributed by atoms with Crippen LogP contribution in [0.5, 0.6) is 0 Å². The number of rotatable bonds is 47. The zero-order valence-corrected chi connectivity index (χ0v) is 40.9. The fraction of sp³-hybridized carbons (Fsp3) is 0.768. The molecule has 0 N–H and O–H groups in total. The second-order valence-corrected chi connectivity index (χ2v) is 17.4. The number of hydrogen-bond donors (Lipinski definition) is 0. The Labute approximate surface area is 383 Å². The summed E-state index contributed by atoms with van der Waals surface area (Å²) in [5.74, 6) is -0.965. The highest BCUT2D eigenvalue weighted by Gasteiger charge is 2.19. The smallest absolute Gasteiger partial charge is 0.306 e. The van der Waals surface area contributed by atoms with Crippen LogP contribution < -0.4 is 0 Å². The van der Waals surface area contributed by atoms with E-state index in [2.05, 4.69) is 81.5 Å². The average molecular weight is 867 g/mol. The van der Waals surface area contributed by atoms with Gasteiger partial charge in [0.05, 0.1) is 0 Å². The van der Waals surface area contributed by atoms with Crippen molar-refractivity contribution in [2.24, 2.45) is 0 Å². The van der Waals surface area contributed by atoms with Crippen molar-refractivity contribution in [1.29, 1.82) is 0 Å². The molecule has 0 spiro atoms. The maximum atomic E-state index is 12.8. The van der Waals surface area contributed by atoms with Gasteiger partial charge in [-0.25, -0.2) is 0 Å². The van der Waals surface area contributed by atoms with Crippen molar-refractivity contribution < 1.29 is 28.6 Å². The number of carbonyl (C=O) groups excluding carboxylic acids is 3. The Morgan fingerprint density at radius 3 is 1.03 bits per heavy atom. The third-order valence-electron chi connectivity index (χ3n) is 11.2. The first-order valence-electron chi connectivity index (χ1n) is 26.3. The van der Waals surface area contributed by atoms with Crippen LogP contribution >= 0.6 is 0 Å². The predicted octanol–water partition coefficient (Wildman–Crippen LogP) is 17.3. The molecule has 0 rings (SSSR count). The first kappa shape index (κ1) is 59.1. The molecule has 0 aromatic heterocycles. The molecule has 0 saturated carbocycles. The molecule has 6 heteroatoms. The number of esters is 3. The molecule has 1 atom stereocenters. The first-order chi connectivity index (χ1) is 30.5. The summed E-state index contributed by atoms with van der Waals surface area (Å²) in [6.45, 7) is 6.53. The third-order valence-corrected chi connectivity index (χ3v) is 11.2. The van der Waals surface area contributed by atoms with Gasteiger partial charge in [0.25, 0.3) is 0 Å². The lowest BCUT2D eigenvalue weighted by molar-refractivity contribution is -0.167. The number of carbonyl (C=O) groups is 3. The first-order valence-corrected chi connectivity index (χ1v) is 26.3. The summed E-state index contributed by atoms with van der Waals surface area (Å²) in [7, 11) is 0. The molecule has 1 unspecified atom stereocenters. The van der Waals surface area contributed by atoms with Crippen molar-refractivity contribution in [2.75, 3.05) is 13.2 Å². The molecular weight excluding hydrogens is 769 g/mol. The van der Waals surface area contributed by atoms with Gasteiger partial charge in [-0.05, 0) is 96.3 Å². The van der Waals surface area contributed by atoms with E-state index < -0.39 is 6.10 Å². The zero-order chi connectivity index (χ0) is 45.1. The van der Waals surface area contributed by atoms with Crippen molar-refractivity contribution in [3.05, 3.63) is 60.8 Å². The van der Waals surface area contributed by atoms with Gasteiger partial charge in [0.15, 0.2) is 6.10 Å². The van der Waals surface area contributed by atoms with E-state index in [9.17, 15) is 14.4 Å². The summed E-state index contributed by atoms with van der Waals surface area (Å²) in [6.07, 6.45) is 62.1. The Kier molecular flexibility index (Phi) is 48.4. The fourth-order valence-electron chi connectivity index (χ4n) is 7.20. The standard InChI is InChI=1S/C56H98O6/c1-4-7-10-13-16-19-22-24-26-28-30-32-34-37-40-43-46-49-55(58)61-52-53(51-60-54(57)48-45-42-39-36-21-18-15-12-9-6-3)62-56(59)50-47-44-41-38-35-33-31-29-27-25-23-20-17-14-11-8-5-2/h15,18,24-27,30,32,37,40,53H,4-14,16-17,19-23,28-29,31,33-36,38-39,41-52H2,1-3H3/b18-15-,26-24-,27-25-,32-30-,40-37-. The molecule has 6 nitrogen and oxygen atoms in total. The fourth-order valence-corrected chi connectivity index (χ4v) is 7.20. The zero-order valence-electron chi connectivity index (χ0n) is 40.9. The molecule has 0 aromatic carbocycles. The van der Waals surface area contributed by atoms with Crippen LogP contribution in [-0.2, 0) is 28.6 Å². The number of ether oxygens (including phenoxy) is 3. The number of hydrogen-bond acceptors (Lipinski definition) is 6. The van der Waals surface area contributed by atoms with Crippen LogP contribution in [0.2, 0.25) is 0 Å². The average Bonchev–Trinajstić information content (AvgIpc) is 3.27. The van der Waals surface area contributed by atoms with Gasteiger partial charge in [0.2, 0.25) is 0 Å². The Morgan fingerprint density at radius 2 is 0.613 bits per heavy atom. The highest BCUT2D eigenvalue weighted by molar-refractivity contribution is 5.71. The largest absolute Gasteiger partial charge is 0.462 e. The summed E-state index contributed by atoms with van der Waals surface area (Å²) in [5, 5.41) is 0. The minimum atomic E-state index is -0.799. The van der Waals surface area contributed by atoms with Crippen molar-refractivity contribution in [1.82, 2.24) is 0 Å². The van der Waals surface area contributed by atoms with E-state index in [0.29, 0.717) is 19.3 Å². The van der Waals surface area contributed by atoms with Gasteiger partial charge in [-0.3, -0.25) is 14.4 Å². The van der Waals surface area contributed by atoms with Gasteiger partial charge in [0, 0.05) is 19.3 Å². The van der Waals surface area contributed by atoms with Crippen molar-refractivity contribution >= 4 is 17.9 Å². The highest BCUT2D eigenvalue weighted by Crippen LogP contribution is 2.14. The van der Waals surface area contributed by atoms with Crippen LogP contribution in [-0.4, -0.2) is 37.2 Å². The van der Waals surface area contributed by atoms with Crippen LogP contribution in [0.1, 0.15) is 258 Å². The lowest BCUT2D eigenvalue weighted by atomic mass is 10.1. The van der Waals surface area contributed by atoms with Gasteiger partial charge >= 0.3 is 17.9 Å². The maximum absolute atomic E-state index is 12.8. The Bertz CT molecular complexity index is 1130. The van der Waals surface area contributed by atoms with E-state index in [1.807, 2.05) is 0 Å². The summed E-state index contributed by atoms with van der Waals surface area (Å²) in [4.78, 5) is 37.9. The van der Waals surface area contributed by atoms with Crippen molar-refractivity contribution in [3.8, 4) is 0 Å². The van der Waals surface area contributed by atoms with E-state index in [1.54, 1.807) is 0 Å². The van der Waals surface area contributed by atoms with Crippen LogP contribution in [0.25, 0.3) is 0 Å². The second kappa shape index (κ2) is 50.8. The molecule has 0 radical (unpaired) electrons. The molecule has 0 bridgehead atoms. The van der Waals surface area contributed by atoms with E-state index in [4.69, 9.17) is 14.2 Å². The minimum Gasteiger partial charge on any atom is -0.462 e. The lowest BCUT2D eigenvalue weighted by Gasteiger charge is -2.18. The summed E-state index contributed by atoms with van der Waals surface area (Å²) in [5.41, 5.74) is 0. The second-order valence-electron chi connectivity index (χ2n) is 17.4. The highest BCUT2D eigenvalue weighted by atomic mass is 16.6. The summed E-state index contributed by atoms with van der Waals surface area (Å²) < 4.78 is 16.7. The van der Waals surface area contributed by atoms with Crippen molar-refractivity contribution in [2.45, 2.75) is 264 Å². The molecule has 0 aliphatic carbocycles. The Hall–Kier alpha value is -2.89. The van der Waals surface area contributed by atoms with Gasteiger partial charge in [-0.2, -0.15) is 0 Å². The molecule has 0 fully saturated rings. The van der Waals surface area contributed by atoms with Crippen LogP contribution in [0.3, 0.4) is 0 Å². The normalized spacial score (nSPS) is 12.5. The number of unbranched alkanes of at least 4 members (excludes halogenated alkanes) is 26. The molecule has 0 aliphatic rings. The number of allylic oxidation sites excluding steroid dienone is 10. The lowest BCUT2D eigenvalue weighted by Crippen LogP contribution is -2.30. The van der Waals surface area contributed by atoms with Crippen LogP contribution in [0.15, 0.2) is 60.8 Å². The van der Waals surface area contributed by atoms with Crippen molar-refractivity contribution in [3.63, 3.8) is 0 Å². The van der Waals surface area contributed by atoms with Crippen LogP contribution in [0.4, 0.5) is 0 Å². The molecule has 0 heterocycles. The predicted molar refractivity (Wildman–Crippen MR) is 265 cm³/mol. The van der Waals surface area contributed by atoms with E-state index in [1.165, 1.54) is 135 Å². The molecule has 358 valence electrons. The van der Waals surface area contributed by atoms with Gasteiger partial charge in [-0.1, -0.05) is 204 Å². The molecular formula is C56H98O6. The Morgan fingerprint density at radius 1 is 0.323 bits per heavy atom. The summed E-state index contributed by atoms with van der Waals surface area (Å²) in [6, 6.07) is 0. The van der Waals surface area contributed by atoms with Gasteiger partial charge < -0.3 is 14.2 Å². The minimum absolute atomic E-state index is 0.0974. The monoisotopic (exact) mass is 867 g/mol. The molecule has 0 saturated heterocycles. The van der Waals surface area contributed by atoms with E-state index >= 15 is 0 Å². The third kappa shape index (κ3) is 48.1. The molecule has 62 heavy (non-hydrogen) atoms. The summed E-state index contributed by atoms with van der Waals surface area (Å²) >= 11 is 0. The quantitative estimate of drug-likeness (QED) is 0.0262. The molecule has 0 amide bonds. The molecule has 0 aromatic rings. The van der Waals surface area contributed by atoms with E-state index in [-0.39, 0.29) is 37.5 Å². The van der Waals surface area contributed by atoms with Gasteiger partial charge in [0.1, 0.15) is 13.2 Å². The Balaban J connectivity index is 4.42. The molecule has 0 aliphatic heterocycles. The maximum Gasteiger partial charge on any atom is 0.306 e. The van der Waals surface area contributed by atoms with E-state index in [0.717, 1.165) is 77.0 Å².